The van der Waals surface area contributed by atoms with E-state index in [4.69, 9.17) is 12.6 Å². The lowest BCUT2D eigenvalue weighted by molar-refractivity contribution is 0.245. The Labute approximate surface area is 63.4 Å². The fourth-order valence-electron chi connectivity index (χ4n) is 0.526. The highest BCUT2D eigenvalue weighted by Gasteiger charge is 1.87. The Kier molecular flexibility index (Phi) is 4.94. The summed E-state index contributed by atoms with van der Waals surface area (Å²) in [4.78, 5) is 4.02. The molecule has 2 radical (unpaired) electrons. The SMILES string of the molecule is [B]/C(=C/C)N=C(C)COC. The maximum absolute atomic E-state index is 5.42. The van der Waals surface area contributed by atoms with Gasteiger partial charge in [-0.3, -0.25) is 4.99 Å². The van der Waals surface area contributed by atoms with Gasteiger partial charge < -0.3 is 4.74 Å². The van der Waals surface area contributed by atoms with Crippen molar-refractivity contribution < 1.29 is 4.74 Å². The number of aliphatic imine (C=N–C) groups is 1. The Morgan fingerprint density at radius 3 is 2.70 bits per heavy atom. The average Bonchev–Trinajstić information content (AvgIpc) is 1.88. The van der Waals surface area contributed by atoms with Crippen molar-refractivity contribution >= 4 is 13.6 Å². The summed E-state index contributed by atoms with van der Waals surface area (Å²) in [5.41, 5.74) is 1.42. The number of ether oxygens (including phenoxy) is 1. The highest BCUT2D eigenvalue weighted by atomic mass is 16.5. The first-order valence-corrected chi connectivity index (χ1v) is 3.15. The van der Waals surface area contributed by atoms with Crippen LogP contribution in [0.25, 0.3) is 0 Å². The molecule has 10 heavy (non-hydrogen) atoms. The summed E-state index contributed by atoms with van der Waals surface area (Å²) in [6.07, 6.45) is 1.75. The molecule has 0 bridgehead atoms. The van der Waals surface area contributed by atoms with E-state index in [1.54, 1.807) is 13.2 Å². The first-order chi connectivity index (χ1) is 4.70. The van der Waals surface area contributed by atoms with Gasteiger partial charge in [-0.2, -0.15) is 0 Å². The minimum atomic E-state index is 0.536. The second kappa shape index (κ2) is 5.24. The molecule has 0 aliphatic rings. The third-order valence-corrected chi connectivity index (χ3v) is 0.969. The lowest BCUT2D eigenvalue weighted by Crippen LogP contribution is -2.01. The Bertz CT molecular complexity index is 152. The van der Waals surface area contributed by atoms with Crippen molar-refractivity contribution in [2.24, 2.45) is 4.99 Å². The third-order valence-electron chi connectivity index (χ3n) is 0.969. The first-order valence-electron chi connectivity index (χ1n) is 3.15. The minimum absolute atomic E-state index is 0.536. The van der Waals surface area contributed by atoms with Crippen molar-refractivity contribution in [2.75, 3.05) is 13.7 Å². The lowest BCUT2D eigenvalue weighted by atomic mass is 10.1. The molecule has 0 aliphatic heterocycles. The largest absolute Gasteiger partial charge is 0.379 e. The van der Waals surface area contributed by atoms with E-state index in [1.165, 1.54) is 0 Å². The molecule has 0 fully saturated rings. The molecule has 0 unspecified atom stereocenters. The second-order valence-electron chi connectivity index (χ2n) is 1.99. The van der Waals surface area contributed by atoms with Crippen LogP contribution in [0.3, 0.4) is 0 Å². The predicted molar refractivity (Wildman–Crippen MR) is 44.5 cm³/mol. The van der Waals surface area contributed by atoms with Crippen LogP contribution < -0.4 is 0 Å². The molecule has 0 heterocycles. The summed E-state index contributed by atoms with van der Waals surface area (Å²) < 4.78 is 4.84. The lowest BCUT2D eigenvalue weighted by Gasteiger charge is -1.97. The maximum atomic E-state index is 5.42. The van der Waals surface area contributed by atoms with Crippen LogP contribution in [0.1, 0.15) is 13.8 Å². The van der Waals surface area contributed by atoms with Crippen LogP contribution in [0.5, 0.6) is 0 Å². The van der Waals surface area contributed by atoms with E-state index in [0.29, 0.717) is 12.2 Å². The molecule has 3 heteroatoms. The molecule has 0 aromatic carbocycles. The molecule has 2 nitrogen and oxygen atoms in total. The molecular formula is C7H12BNO. The highest BCUT2D eigenvalue weighted by Crippen LogP contribution is 1.90. The van der Waals surface area contributed by atoms with Gasteiger partial charge in [0.05, 0.1) is 6.61 Å². The molecule has 0 spiro atoms. The Hall–Kier alpha value is -0.565. The normalized spacial score (nSPS) is 13.9. The molecule has 0 saturated heterocycles. The summed E-state index contributed by atoms with van der Waals surface area (Å²) in [7, 11) is 7.05. The molecule has 0 aromatic rings. The van der Waals surface area contributed by atoms with Crippen molar-refractivity contribution in [2.45, 2.75) is 13.8 Å². The number of hydrogen-bond acceptors (Lipinski definition) is 2. The van der Waals surface area contributed by atoms with Crippen LogP contribution in [0.4, 0.5) is 0 Å². The molecule has 54 valence electrons. The zero-order valence-corrected chi connectivity index (χ0v) is 6.72. The zero-order chi connectivity index (χ0) is 7.98. The van der Waals surface area contributed by atoms with Crippen LogP contribution in [0.15, 0.2) is 16.7 Å². The average molecular weight is 137 g/mol. The van der Waals surface area contributed by atoms with Crippen molar-refractivity contribution in [3.63, 3.8) is 0 Å². The van der Waals surface area contributed by atoms with Gasteiger partial charge in [-0.15, -0.1) is 0 Å². The van der Waals surface area contributed by atoms with Gasteiger partial charge >= 0.3 is 0 Å². The van der Waals surface area contributed by atoms with Gasteiger partial charge in [-0.1, -0.05) is 6.08 Å². The summed E-state index contributed by atoms with van der Waals surface area (Å²) in [5.74, 6) is 0. The summed E-state index contributed by atoms with van der Waals surface area (Å²) in [5, 5.41) is 0. The molecular weight excluding hydrogens is 125 g/mol. The Balaban J connectivity index is 3.90. The summed E-state index contributed by atoms with van der Waals surface area (Å²) >= 11 is 0. The molecule has 0 N–H and O–H groups in total. The predicted octanol–water partition coefficient (Wildman–Crippen LogP) is 1.12. The van der Waals surface area contributed by atoms with Crippen LogP contribution in [0, 0.1) is 0 Å². The van der Waals surface area contributed by atoms with Crippen molar-refractivity contribution in [3.8, 4) is 0 Å². The van der Waals surface area contributed by atoms with Gasteiger partial charge in [0.25, 0.3) is 0 Å². The zero-order valence-electron chi connectivity index (χ0n) is 6.72. The fourth-order valence-corrected chi connectivity index (χ4v) is 0.526. The van der Waals surface area contributed by atoms with Gasteiger partial charge in [0.2, 0.25) is 0 Å². The van der Waals surface area contributed by atoms with E-state index >= 15 is 0 Å². The van der Waals surface area contributed by atoms with Crippen LogP contribution >= 0.6 is 0 Å². The Morgan fingerprint density at radius 2 is 2.30 bits per heavy atom. The monoisotopic (exact) mass is 137 g/mol. The molecule has 0 amide bonds. The minimum Gasteiger partial charge on any atom is -0.379 e. The Morgan fingerprint density at radius 1 is 1.70 bits per heavy atom. The second-order valence-corrected chi connectivity index (χ2v) is 1.99. The number of allylic oxidation sites excluding steroid dienone is 1. The van der Waals surface area contributed by atoms with E-state index in [2.05, 4.69) is 4.99 Å². The smallest absolute Gasteiger partial charge is 0.141 e. The third kappa shape index (κ3) is 4.33. The summed E-state index contributed by atoms with van der Waals surface area (Å²) in [6, 6.07) is 0. The number of nitrogens with zero attached hydrogens (tertiary/aromatic N) is 1. The molecule has 0 aromatic heterocycles. The van der Waals surface area contributed by atoms with Crippen molar-refractivity contribution in [1.29, 1.82) is 0 Å². The number of hydrogen-bond donors (Lipinski definition) is 0. The quantitative estimate of drug-likeness (QED) is 0.422. The number of methoxy groups -OCH3 is 1. The van der Waals surface area contributed by atoms with Gasteiger partial charge in [-0.25, -0.2) is 0 Å². The van der Waals surface area contributed by atoms with Crippen LogP contribution in [-0.2, 0) is 4.74 Å². The van der Waals surface area contributed by atoms with Crippen LogP contribution in [-0.4, -0.2) is 27.3 Å². The van der Waals surface area contributed by atoms with E-state index in [-0.39, 0.29) is 0 Å². The van der Waals surface area contributed by atoms with Gasteiger partial charge in [0.1, 0.15) is 7.85 Å². The summed E-state index contributed by atoms with van der Waals surface area (Å²) in [6.45, 7) is 4.26. The van der Waals surface area contributed by atoms with E-state index in [9.17, 15) is 0 Å². The fraction of sp³-hybridized carbons (Fsp3) is 0.571. The van der Waals surface area contributed by atoms with Gasteiger partial charge in [-0.05, 0) is 19.4 Å². The maximum Gasteiger partial charge on any atom is 0.141 e. The van der Waals surface area contributed by atoms with E-state index < -0.39 is 0 Å². The standard InChI is InChI=1S/C7H12BNO/c1-4-7(8)9-6(2)5-10-3/h4H,5H2,1-3H3/b7-4-,9-6?. The molecule has 0 saturated carbocycles. The van der Waals surface area contributed by atoms with Crippen molar-refractivity contribution in [1.82, 2.24) is 0 Å². The van der Waals surface area contributed by atoms with Gasteiger partial charge in [0, 0.05) is 12.8 Å². The van der Waals surface area contributed by atoms with E-state index in [0.717, 1.165) is 5.71 Å². The first kappa shape index (κ1) is 9.43. The van der Waals surface area contributed by atoms with E-state index in [1.807, 2.05) is 13.8 Å². The van der Waals surface area contributed by atoms with Crippen molar-refractivity contribution in [3.05, 3.63) is 11.7 Å². The topological polar surface area (TPSA) is 21.6 Å². The molecule has 0 aliphatic carbocycles. The van der Waals surface area contributed by atoms with Crippen LogP contribution in [0.2, 0.25) is 0 Å². The van der Waals surface area contributed by atoms with Gasteiger partial charge in [0.15, 0.2) is 0 Å². The molecule has 0 rings (SSSR count). The molecule has 0 atom stereocenters. The highest BCUT2D eigenvalue weighted by molar-refractivity contribution is 6.22. The number of rotatable bonds is 3.